The monoisotopic (exact) mass is 314 g/mol. The van der Waals surface area contributed by atoms with E-state index in [-0.39, 0.29) is 5.91 Å². The van der Waals surface area contributed by atoms with Crippen LogP contribution in [0.1, 0.15) is 16.8 Å². The number of nitrogens with one attached hydrogen (secondary N) is 2. The summed E-state index contributed by atoms with van der Waals surface area (Å²) < 4.78 is 1.64. The first-order valence-corrected chi connectivity index (χ1v) is 7.99. The molecule has 1 aliphatic heterocycles. The Morgan fingerprint density at radius 1 is 1.30 bits per heavy atom. The zero-order valence-corrected chi connectivity index (χ0v) is 13.1. The van der Waals surface area contributed by atoms with Gasteiger partial charge in [-0.05, 0) is 31.2 Å². The average Bonchev–Trinajstić information content (AvgIpc) is 3.14. The fourth-order valence-electron chi connectivity index (χ4n) is 2.67. The molecule has 23 heavy (non-hydrogen) atoms. The van der Waals surface area contributed by atoms with Gasteiger partial charge in [-0.1, -0.05) is 6.07 Å². The number of aromatic nitrogens is 3. The highest BCUT2D eigenvalue weighted by Gasteiger charge is 2.10. The molecule has 0 radical (unpaired) electrons. The molecule has 1 aromatic heterocycles. The Balaban J connectivity index is 1.47. The van der Waals surface area contributed by atoms with E-state index < -0.39 is 0 Å². The third kappa shape index (κ3) is 4.37. The van der Waals surface area contributed by atoms with Crippen molar-refractivity contribution in [2.24, 2.45) is 0 Å². The molecule has 1 amide bonds. The fraction of sp³-hybridized carbons (Fsp3) is 0.438. The second-order valence-corrected chi connectivity index (χ2v) is 5.59. The SMILES string of the molecule is O=C(NCCCN1CCNCC1)c1cccc(-n2cncn2)c1. The fourth-order valence-corrected chi connectivity index (χ4v) is 2.67. The highest BCUT2D eigenvalue weighted by Crippen LogP contribution is 2.09. The van der Waals surface area contributed by atoms with Crippen molar-refractivity contribution in [1.29, 1.82) is 0 Å². The smallest absolute Gasteiger partial charge is 0.251 e. The van der Waals surface area contributed by atoms with Crippen LogP contribution in [0.25, 0.3) is 5.69 Å². The molecule has 7 heteroatoms. The maximum absolute atomic E-state index is 12.2. The quantitative estimate of drug-likeness (QED) is 0.750. The van der Waals surface area contributed by atoms with Crippen LogP contribution < -0.4 is 10.6 Å². The summed E-state index contributed by atoms with van der Waals surface area (Å²) in [5.74, 6) is -0.0488. The molecule has 1 saturated heterocycles. The van der Waals surface area contributed by atoms with E-state index in [1.54, 1.807) is 11.0 Å². The van der Waals surface area contributed by atoms with Crippen LogP contribution in [-0.4, -0.2) is 64.8 Å². The van der Waals surface area contributed by atoms with Gasteiger partial charge < -0.3 is 15.5 Å². The van der Waals surface area contributed by atoms with E-state index >= 15 is 0 Å². The third-order valence-corrected chi connectivity index (χ3v) is 3.94. The highest BCUT2D eigenvalue weighted by molar-refractivity contribution is 5.94. The first-order valence-electron chi connectivity index (χ1n) is 7.99. The Kier molecular flexibility index (Phi) is 5.33. The molecule has 0 spiro atoms. The van der Waals surface area contributed by atoms with Gasteiger partial charge in [-0.25, -0.2) is 9.67 Å². The molecular weight excluding hydrogens is 292 g/mol. The van der Waals surface area contributed by atoms with Gasteiger partial charge >= 0.3 is 0 Å². The molecule has 1 aromatic carbocycles. The minimum Gasteiger partial charge on any atom is -0.352 e. The molecule has 1 fully saturated rings. The van der Waals surface area contributed by atoms with Crippen LogP contribution in [0.15, 0.2) is 36.9 Å². The molecule has 0 unspecified atom stereocenters. The Labute approximate surface area is 135 Å². The highest BCUT2D eigenvalue weighted by atomic mass is 16.1. The molecule has 2 N–H and O–H groups in total. The molecule has 3 rings (SSSR count). The summed E-state index contributed by atoms with van der Waals surface area (Å²) >= 11 is 0. The normalized spacial score (nSPS) is 15.5. The zero-order valence-electron chi connectivity index (χ0n) is 13.1. The first-order chi connectivity index (χ1) is 11.3. The molecular formula is C16H22N6O. The number of hydrogen-bond donors (Lipinski definition) is 2. The second kappa shape index (κ2) is 7.85. The van der Waals surface area contributed by atoms with Crippen molar-refractivity contribution in [1.82, 2.24) is 30.3 Å². The third-order valence-electron chi connectivity index (χ3n) is 3.94. The van der Waals surface area contributed by atoms with Crippen LogP contribution in [0.3, 0.4) is 0 Å². The van der Waals surface area contributed by atoms with Crippen molar-refractivity contribution in [3.63, 3.8) is 0 Å². The van der Waals surface area contributed by atoms with Crippen molar-refractivity contribution in [3.8, 4) is 5.69 Å². The standard InChI is InChI=1S/C16H22N6O/c23-16(19-5-2-8-21-9-6-17-7-10-21)14-3-1-4-15(11-14)22-13-18-12-20-22/h1,3-4,11-13,17H,2,5-10H2,(H,19,23). The Morgan fingerprint density at radius 3 is 2.96 bits per heavy atom. The van der Waals surface area contributed by atoms with E-state index in [2.05, 4.69) is 25.6 Å². The first kappa shape index (κ1) is 15.6. The van der Waals surface area contributed by atoms with Gasteiger partial charge in [-0.3, -0.25) is 4.79 Å². The van der Waals surface area contributed by atoms with Crippen LogP contribution in [0.4, 0.5) is 0 Å². The van der Waals surface area contributed by atoms with Crippen molar-refractivity contribution in [2.45, 2.75) is 6.42 Å². The van der Waals surface area contributed by atoms with Gasteiger partial charge in [0.05, 0.1) is 5.69 Å². The van der Waals surface area contributed by atoms with Crippen LogP contribution in [0, 0.1) is 0 Å². The number of hydrogen-bond acceptors (Lipinski definition) is 5. The second-order valence-electron chi connectivity index (χ2n) is 5.59. The number of carbonyl (C=O) groups is 1. The van der Waals surface area contributed by atoms with Crippen LogP contribution >= 0.6 is 0 Å². The number of amides is 1. The lowest BCUT2D eigenvalue weighted by Crippen LogP contribution is -2.44. The summed E-state index contributed by atoms with van der Waals surface area (Å²) in [4.78, 5) is 18.6. The van der Waals surface area contributed by atoms with Gasteiger partial charge in [-0.2, -0.15) is 5.10 Å². The molecule has 0 aliphatic carbocycles. The Bertz CT molecular complexity index is 621. The number of rotatable bonds is 6. The van der Waals surface area contributed by atoms with Crippen LogP contribution in [0.5, 0.6) is 0 Å². The summed E-state index contributed by atoms with van der Waals surface area (Å²) in [5, 5.41) is 10.4. The van der Waals surface area contributed by atoms with Gasteiger partial charge in [0.15, 0.2) is 0 Å². The van der Waals surface area contributed by atoms with E-state index in [0.717, 1.165) is 44.8 Å². The molecule has 0 bridgehead atoms. The summed E-state index contributed by atoms with van der Waals surface area (Å²) in [6.07, 6.45) is 4.06. The minimum absolute atomic E-state index is 0.0488. The van der Waals surface area contributed by atoms with Crippen molar-refractivity contribution >= 4 is 5.91 Å². The molecule has 2 heterocycles. The maximum Gasteiger partial charge on any atom is 0.251 e. The molecule has 0 saturated carbocycles. The van der Waals surface area contributed by atoms with Gasteiger partial charge in [-0.15, -0.1) is 0 Å². The summed E-state index contributed by atoms with van der Waals surface area (Å²) in [7, 11) is 0. The Hall–Kier alpha value is -2.25. The van der Waals surface area contributed by atoms with Crippen LogP contribution in [-0.2, 0) is 0 Å². The number of nitrogens with zero attached hydrogens (tertiary/aromatic N) is 4. The van der Waals surface area contributed by atoms with Crippen molar-refractivity contribution in [3.05, 3.63) is 42.5 Å². The zero-order chi connectivity index (χ0) is 15.9. The minimum atomic E-state index is -0.0488. The van der Waals surface area contributed by atoms with E-state index in [1.165, 1.54) is 6.33 Å². The van der Waals surface area contributed by atoms with E-state index in [9.17, 15) is 4.79 Å². The summed E-state index contributed by atoms with van der Waals surface area (Å²) in [5.41, 5.74) is 1.47. The lowest BCUT2D eigenvalue weighted by atomic mass is 10.2. The molecule has 0 atom stereocenters. The molecule has 122 valence electrons. The van der Waals surface area contributed by atoms with Crippen molar-refractivity contribution in [2.75, 3.05) is 39.3 Å². The lowest BCUT2D eigenvalue weighted by molar-refractivity contribution is 0.0951. The van der Waals surface area contributed by atoms with Crippen molar-refractivity contribution < 1.29 is 4.79 Å². The Morgan fingerprint density at radius 2 is 2.17 bits per heavy atom. The lowest BCUT2D eigenvalue weighted by Gasteiger charge is -2.27. The number of piperazine rings is 1. The van der Waals surface area contributed by atoms with Gasteiger partial charge in [0, 0.05) is 38.3 Å². The van der Waals surface area contributed by atoms with Gasteiger partial charge in [0.25, 0.3) is 5.91 Å². The van der Waals surface area contributed by atoms with Gasteiger partial charge in [0.1, 0.15) is 12.7 Å². The maximum atomic E-state index is 12.2. The van der Waals surface area contributed by atoms with Crippen LogP contribution in [0.2, 0.25) is 0 Å². The number of carbonyl (C=O) groups excluding carboxylic acids is 1. The predicted molar refractivity (Wildman–Crippen MR) is 87.6 cm³/mol. The van der Waals surface area contributed by atoms with E-state index in [0.29, 0.717) is 12.1 Å². The predicted octanol–water partition coefficient (Wildman–Crippen LogP) is 0.292. The summed E-state index contributed by atoms with van der Waals surface area (Å²) in [6.45, 7) is 6.02. The molecule has 7 nitrogen and oxygen atoms in total. The molecule has 1 aliphatic rings. The summed E-state index contributed by atoms with van der Waals surface area (Å²) in [6, 6.07) is 7.38. The largest absolute Gasteiger partial charge is 0.352 e. The molecule has 2 aromatic rings. The topological polar surface area (TPSA) is 75.1 Å². The van der Waals surface area contributed by atoms with E-state index in [4.69, 9.17) is 0 Å². The van der Waals surface area contributed by atoms with E-state index in [1.807, 2.05) is 24.3 Å². The van der Waals surface area contributed by atoms with Gasteiger partial charge in [0.2, 0.25) is 0 Å². The average molecular weight is 314 g/mol. The number of benzene rings is 1.